The van der Waals surface area contributed by atoms with Gasteiger partial charge in [-0.2, -0.15) is 0 Å². The molecule has 7 heteroatoms. The summed E-state index contributed by atoms with van der Waals surface area (Å²) in [4.78, 5) is 10.1. The Morgan fingerprint density at radius 3 is 2.00 bits per heavy atom. The van der Waals surface area contributed by atoms with Crippen molar-refractivity contribution in [3.05, 3.63) is 59.7 Å². The molecule has 0 bridgehead atoms. The molecule has 3 N–H and O–H groups in total. The minimum Gasteiger partial charge on any atom is -0.392 e. The largest absolute Gasteiger partial charge is 0.392 e. The fourth-order valence-corrected chi connectivity index (χ4v) is 2.48. The smallest absolute Gasteiger partial charge is 0.253 e. The van der Waals surface area contributed by atoms with Crippen molar-refractivity contribution in [2.45, 2.75) is 23.6 Å². The van der Waals surface area contributed by atoms with Crippen molar-refractivity contribution in [3.8, 4) is 11.1 Å². The number of halogens is 3. The molecule has 2 atom stereocenters. The number of alkyl halides is 3. The van der Waals surface area contributed by atoms with E-state index in [1.807, 2.05) is 24.3 Å². The summed E-state index contributed by atoms with van der Waals surface area (Å²) in [7, 11) is 0. The highest BCUT2D eigenvalue weighted by molar-refractivity contribution is 6.53. The third-order valence-corrected chi connectivity index (χ3v) is 4.19. The van der Waals surface area contributed by atoms with Gasteiger partial charge in [-0.1, -0.05) is 71.7 Å². The molecule has 0 radical (unpaired) electrons. The van der Waals surface area contributed by atoms with E-state index in [9.17, 15) is 14.3 Å². The number of hydrogen-bond acceptors (Lipinski definition) is 3. The van der Waals surface area contributed by atoms with E-state index in [4.69, 9.17) is 28.3 Å². The normalized spacial score (nSPS) is 13.5. The van der Waals surface area contributed by atoms with Gasteiger partial charge in [0.1, 0.15) is 12.8 Å². The van der Waals surface area contributed by atoms with Crippen LogP contribution in [0.4, 0.5) is 4.39 Å². The molecule has 0 spiro atoms. The zero-order chi connectivity index (χ0) is 18.4. The Labute approximate surface area is 155 Å². The highest BCUT2D eigenvalue weighted by Crippen LogP contribution is 2.24. The molecule has 134 valence electrons. The van der Waals surface area contributed by atoms with Gasteiger partial charge in [0.15, 0.2) is 4.84 Å². The van der Waals surface area contributed by atoms with E-state index in [1.165, 1.54) is 0 Å². The molecule has 2 aromatic carbocycles. The van der Waals surface area contributed by atoms with Gasteiger partial charge in [0, 0.05) is 0 Å². The summed E-state index contributed by atoms with van der Waals surface area (Å²) < 4.78 is 13.2. The number of carbonyl (C=O) groups is 1. The molecule has 1 amide bonds. The molecule has 2 aromatic rings. The molecule has 0 saturated heterocycles. The number of aliphatic hydroxyl groups is 2. The Hall–Kier alpha value is -1.66. The van der Waals surface area contributed by atoms with Crippen LogP contribution in [0.5, 0.6) is 0 Å². The van der Waals surface area contributed by atoms with E-state index in [0.717, 1.165) is 16.7 Å². The highest BCUT2D eigenvalue weighted by atomic mass is 35.5. The summed E-state index contributed by atoms with van der Waals surface area (Å²) in [5, 5.41) is 21.6. The Morgan fingerprint density at radius 2 is 1.56 bits per heavy atom. The molecule has 0 heterocycles. The number of nitrogens with one attached hydrogen (secondary N) is 1. The summed E-state index contributed by atoms with van der Waals surface area (Å²) in [6.07, 6.45) is -1.23. The summed E-state index contributed by atoms with van der Waals surface area (Å²) in [5.41, 5.74) is 3.12. The van der Waals surface area contributed by atoms with Gasteiger partial charge < -0.3 is 15.5 Å². The van der Waals surface area contributed by atoms with Gasteiger partial charge in [0.2, 0.25) is 0 Å². The van der Waals surface area contributed by atoms with Gasteiger partial charge in [-0.3, -0.25) is 4.79 Å². The van der Waals surface area contributed by atoms with Crippen LogP contribution in [0, 0.1) is 0 Å². The van der Waals surface area contributed by atoms with E-state index < -0.39 is 29.6 Å². The minimum atomic E-state index is -1.33. The molecule has 0 aliphatic rings. The lowest BCUT2D eigenvalue weighted by Crippen LogP contribution is -2.43. The predicted molar refractivity (Wildman–Crippen MR) is 96.2 cm³/mol. The van der Waals surface area contributed by atoms with E-state index in [0.29, 0.717) is 5.56 Å². The number of amides is 1. The average molecular weight is 386 g/mol. The second kappa shape index (κ2) is 9.15. The fraction of sp³-hybridized carbons (Fsp3) is 0.278. The number of hydrogen-bond donors (Lipinski definition) is 3. The van der Waals surface area contributed by atoms with Crippen LogP contribution in [0.3, 0.4) is 0 Å². The molecule has 0 saturated carbocycles. The van der Waals surface area contributed by atoms with Crippen LogP contribution in [-0.4, -0.2) is 33.7 Å². The van der Waals surface area contributed by atoms with Crippen molar-refractivity contribution in [1.29, 1.82) is 0 Å². The molecule has 0 fully saturated rings. The highest BCUT2D eigenvalue weighted by Gasteiger charge is 2.25. The second-order valence-electron chi connectivity index (χ2n) is 5.49. The summed E-state index contributed by atoms with van der Waals surface area (Å²) in [6.45, 7) is -0.981. The van der Waals surface area contributed by atoms with E-state index >= 15 is 0 Å². The van der Waals surface area contributed by atoms with E-state index in [1.54, 1.807) is 24.3 Å². The molecule has 25 heavy (non-hydrogen) atoms. The van der Waals surface area contributed by atoms with Gasteiger partial charge in [-0.25, -0.2) is 4.39 Å². The third kappa shape index (κ3) is 5.16. The van der Waals surface area contributed by atoms with E-state index in [2.05, 4.69) is 5.32 Å². The van der Waals surface area contributed by atoms with Gasteiger partial charge in [0.25, 0.3) is 5.91 Å². The molecular weight excluding hydrogens is 368 g/mol. The summed E-state index contributed by atoms with van der Waals surface area (Å²) in [6, 6.07) is 13.2. The molecule has 0 unspecified atom stereocenters. The maximum absolute atomic E-state index is 13.2. The third-order valence-electron chi connectivity index (χ3n) is 3.80. The number of rotatable bonds is 7. The minimum absolute atomic E-state index is 0.0206. The number of benzene rings is 2. The first-order valence-electron chi connectivity index (χ1n) is 7.59. The SMILES string of the molecule is O=C(N[C@H](CF)[C@H](O)c1ccc(-c2ccc(CO)cc2)cc1)C(Cl)Cl. The second-order valence-corrected chi connectivity index (χ2v) is 6.59. The lowest BCUT2D eigenvalue weighted by atomic mass is 9.98. The predicted octanol–water partition coefficient (Wildman–Crippen LogP) is 3.14. The first-order chi connectivity index (χ1) is 12.0. The molecule has 0 aromatic heterocycles. The summed E-state index contributed by atoms with van der Waals surface area (Å²) in [5.74, 6) is -0.759. The first-order valence-corrected chi connectivity index (χ1v) is 8.46. The van der Waals surface area contributed by atoms with Crippen LogP contribution in [0.2, 0.25) is 0 Å². The quantitative estimate of drug-likeness (QED) is 0.641. The van der Waals surface area contributed by atoms with Crippen molar-refractivity contribution in [1.82, 2.24) is 5.32 Å². The van der Waals surface area contributed by atoms with Gasteiger partial charge in [0.05, 0.1) is 12.6 Å². The molecule has 4 nitrogen and oxygen atoms in total. The van der Waals surface area contributed by atoms with Crippen LogP contribution in [0.1, 0.15) is 17.2 Å². The van der Waals surface area contributed by atoms with Crippen molar-refractivity contribution in [2.75, 3.05) is 6.67 Å². The average Bonchev–Trinajstić information content (AvgIpc) is 2.65. The molecule has 0 aliphatic carbocycles. The van der Waals surface area contributed by atoms with Crippen molar-refractivity contribution in [3.63, 3.8) is 0 Å². The Balaban J connectivity index is 2.12. The standard InChI is InChI=1S/C18H18Cl2FNO3/c19-17(20)18(25)22-15(9-21)16(24)14-7-5-13(6-8-14)12-3-1-11(10-23)2-4-12/h1-8,15-17,23-24H,9-10H2,(H,22,25)/t15-,16-/m1/s1. The maximum atomic E-state index is 13.2. The van der Waals surface area contributed by atoms with Crippen molar-refractivity contribution >= 4 is 29.1 Å². The van der Waals surface area contributed by atoms with Crippen LogP contribution >= 0.6 is 23.2 Å². The van der Waals surface area contributed by atoms with Gasteiger partial charge >= 0.3 is 0 Å². The Morgan fingerprint density at radius 1 is 1.04 bits per heavy atom. The van der Waals surface area contributed by atoms with Crippen LogP contribution in [-0.2, 0) is 11.4 Å². The molecular formula is C18H18Cl2FNO3. The Kier molecular flexibility index (Phi) is 7.20. The monoisotopic (exact) mass is 385 g/mol. The van der Waals surface area contributed by atoms with Crippen LogP contribution in [0.25, 0.3) is 11.1 Å². The van der Waals surface area contributed by atoms with Crippen LogP contribution in [0.15, 0.2) is 48.5 Å². The number of aliphatic hydroxyl groups excluding tert-OH is 2. The molecule has 0 aliphatic heterocycles. The lowest BCUT2D eigenvalue weighted by Gasteiger charge is -2.22. The van der Waals surface area contributed by atoms with E-state index in [-0.39, 0.29) is 6.61 Å². The first kappa shape index (κ1) is 19.7. The molecule has 2 rings (SSSR count). The topological polar surface area (TPSA) is 69.6 Å². The maximum Gasteiger partial charge on any atom is 0.253 e. The van der Waals surface area contributed by atoms with Crippen LogP contribution < -0.4 is 5.32 Å². The van der Waals surface area contributed by atoms with Gasteiger partial charge in [-0.15, -0.1) is 0 Å². The zero-order valence-corrected chi connectivity index (χ0v) is 14.7. The number of carbonyl (C=O) groups excluding carboxylic acids is 1. The zero-order valence-electron chi connectivity index (χ0n) is 13.2. The van der Waals surface area contributed by atoms with Gasteiger partial charge in [-0.05, 0) is 22.3 Å². The fourth-order valence-electron chi connectivity index (χ4n) is 2.36. The Bertz CT molecular complexity index is 692. The lowest BCUT2D eigenvalue weighted by molar-refractivity contribution is -0.121. The summed E-state index contributed by atoms with van der Waals surface area (Å²) >= 11 is 10.8. The van der Waals surface area contributed by atoms with Crippen molar-refractivity contribution < 1.29 is 19.4 Å². The van der Waals surface area contributed by atoms with Crippen molar-refractivity contribution in [2.24, 2.45) is 0 Å².